The van der Waals surface area contributed by atoms with E-state index in [0.717, 1.165) is 79.2 Å². The number of nitrogens with zero attached hydrogens (tertiary/aromatic N) is 7. The minimum atomic E-state index is 0.321. The van der Waals surface area contributed by atoms with Crippen LogP contribution in [0, 0.1) is 13.8 Å². The summed E-state index contributed by atoms with van der Waals surface area (Å²) in [4.78, 5) is 22.9. The van der Waals surface area contributed by atoms with Crippen molar-refractivity contribution in [1.82, 2.24) is 25.1 Å². The van der Waals surface area contributed by atoms with Gasteiger partial charge in [-0.05, 0) is 39.5 Å². The van der Waals surface area contributed by atoms with Crippen LogP contribution in [0.3, 0.4) is 0 Å². The van der Waals surface area contributed by atoms with E-state index in [4.69, 9.17) is 15.2 Å². The zero-order valence-electron chi connectivity index (χ0n) is 18.1. The first-order valence-electron chi connectivity index (χ1n) is 11.0. The predicted molar refractivity (Wildman–Crippen MR) is 119 cm³/mol. The first kappa shape index (κ1) is 19.7. The number of nitrogen functional groups attached to an aromatic ring is 1. The Morgan fingerprint density at radius 1 is 0.935 bits per heavy atom. The van der Waals surface area contributed by atoms with Crippen molar-refractivity contribution in [3.8, 4) is 11.3 Å². The van der Waals surface area contributed by atoms with Crippen LogP contribution in [0.4, 0.5) is 17.7 Å². The van der Waals surface area contributed by atoms with Gasteiger partial charge in [-0.1, -0.05) is 5.16 Å². The zero-order valence-corrected chi connectivity index (χ0v) is 18.1. The lowest BCUT2D eigenvalue weighted by Crippen LogP contribution is -2.34. The fourth-order valence-electron chi connectivity index (χ4n) is 4.56. The average molecular weight is 421 g/mol. The summed E-state index contributed by atoms with van der Waals surface area (Å²) in [5.74, 6) is 3.11. The van der Waals surface area contributed by atoms with E-state index in [1.807, 2.05) is 32.2 Å². The molecule has 2 aliphatic heterocycles. The third kappa shape index (κ3) is 4.04. The SMILES string of the molecule is Cc1cc(-c2cnc(N3CCCC3)nc2C2CCN(c3cc(C)nc(N)n3)CC2)on1. The molecule has 5 rings (SSSR count). The largest absolute Gasteiger partial charge is 0.368 e. The van der Waals surface area contributed by atoms with E-state index >= 15 is 0 Å². The quantitative estimate of drug-likeness (QED) is 0.680. The lowest BCUT2D eigenvalue weighted by molar-refractivity contribution is 0.424. The number of nitrogens with two attached hydrogens (primary N) is 1. The zero-order chi connectivity index (χ0) is 21.4. The molecule has 5 heterocycles. The number of aryl methyl sites for hydroxylation is 2. The first-order chi connectivity index (χ1) is 15.1. The molecule has 0 aliphatic carbocycles. The van der Waals surface area contributed by atoms with Gasteiger partial charge in [0.2, 0.25) is 11.9 Å². The van der Waals surface area contributed by atoms with E-state index in [9.17, 15) is 0 Å². The maximum absolute atomic E-state index is 5.86. The van der Waals surface area contributed by atoms with Gasteiger partial charge >= 0.3 is 0 Å². The number of piperidine rings is 1. The number of rotatable bonds is 4. The third-order valence-corrected chi connectivity index (χ3v) is 6.15. The molecule has 0 saturated carbocycles. The topological polar surface area (TPSA) is 110 Å². The molecule has 3 aromatic heterocycles. The van der Waals surface area contributed by atoms with Crippen LogP contribution in [0.15, 0.2) is 22.9 Å². The van der Waals surface area contributed by atoms with Crippen LogP contribution in [-0.4, -0.2) is 51.3 Å². The fourth-order valence-corrected chi connectivity index (χ4v) is 4.56. The van der Waals surface area contributed by atoms with Crippen LogP contribution in [0.5, 0.6) is 0 Å². The molecule has 9 heteroatoms. The average Bonchev–Trinajstić information content (AvgIpc) is 3.45. The molecule has 2 fully saturated rings. The van der Waals surface area contributed by atoms with Crippen molar-refractivity contribution in [2.45, 2.75) is 45.4 Å². The van der Waals surface area contributed by atoms with Gasteiger partial charge in [0.25, 0.3) is 0 Å². The van der Waals surface area contributed by atoms with E-state index in [2.05, 4.69) is 29.9 Å². The summed E-state index contributed by atoms with van der Waals surface area (Å²) in [5.41, 5.74) is 9.61. The second kappa shape index (κ2) is 8.13. The Bertz CT molecular complexity index is 1050. The van der Waals surface area contributed by atoms with Crippen LogP contribution >= 0.6 is 0 Å². The molecule has 0 aromatic carbocycles. The van der Waals surface area contributed by atoms with Crippen LogP contribution in [0.25, 0.3) is 11.3 Å². The predicted octanol–water partition coefficient (Wildman–Crippen LogP) is 3.10. The molecule has 0 atom stereocenters. The summed E-state index contributed by atoms with van der Waals surface area (Å²) in [6, 6.07) is 3.95. The molecule has 9 nitrogen and oxygen atoms in total. The highest BCUT2D eigenvalue weighted by atomic mass is 16.5. The van der Waals surface area contributed by atoms with Crippen molar-refractivity contribution in [1.29, 1.82) is 0 Å². The van der Waals surface area contributed by atoms with Gasteiger partial charge in [-0.15, -0.1) is 0 Å². The van der Waals surface area contributed by atoms with Gasteiger partial charge in [0.1, 0.15) is 5.82 Å². The normalized spacial score (nSPS) is 17.5. The molecular formula is C22H28N8O. The summed E-state index contributed by atoms with van der Waals surface area (Å²) in [6.45, 7) is 7.69. The number of anilines is 3. The number of aromatic nitrogens is 5. The molecule has 0 amide bonds. The highest BCUT2D eigenvalue weighted by Gasteiger charge is 2.28. The highest BCUT2D eigenvalue weighted by Crippen LogP contribution is 2.36. The summed E-state index contributed by atoms with van der Waals surface area (Å²) in [5, 5.41) is 4.07. The minimum Gasteiger partial charge on any atom is -0.368 e. The summed E-state index contributed by atoms with van der Waals surface area (Å²) in [6.07, 6.45) is 6.25. The Morgan fingerprint density at radius 3 is 2.39 bits per heavy atom. The van der Waals surface area contributed by atoms with Crippen molar-refractivity contribution in [3.63, 3.8) is 0 Å². The molecule has 0 spiro atoms. The van der Waals surface area contributed by atoms with Gasteiger partial charge in [-0.3, -0.25) is 0 Å². The summed E-state index contributed by atoms with van der Waals surface area (Å²) >= 11 is 0. The monoisotopic (exact) mass is 420 g/mol. The molecule has 3 aromatic rings. The second-order valence-electron chi connectivity index (χ2n) is 8.48. The maximum atomic E-state index is 5.86. The Balaban J connectivity index is 1.42. The van der Waals surface area contributed by atoms with Crippen LogP contribution in [0.2, 0.25) is 0 Å². The second-order valence-corrected chi connectivity index (χ2v) is 8.48. The lowest BCUT2D eigenvalue weighted by atomic mass is 9.90. The first-order valence-corrected chi connectivity index (χ1v) is 11.0. The highest BCUT2D eigenvalue weighted by molar-refractivity contribution is 5.61. The van der Waals surface area contributed by atoms with Gasteiger partial charge in [0, 0.05) is 56.1 Å². The molecular weight excluding hydrogens is 392 g/mol. The third-order valence-electron chi connectivity index (χ3n) is 6.15. The van der Waals surface area contributed by atoms with E-state index in [1.165, 1.54) is 12.8 Å². The van der Waals surface area contributed by atoms with Crippen molar-refractivity contribution >= 4 is 17.7 Å². The van der Waals surface area contributed by atoms with Gasteiger partial charge in [-0.2, -0.15) is 4.98 Å². The van der Waals surface area contributed by atoms with Gasteiger partial charge < -0.3 is 20.1 Å². The molecule has 0 bridgehead atoms. The lowest BCUT2D eigenvalue weighted by Gasteiger charge is -2.33. The van der Waals surface area contributed by atoms with Gasteiger partial charge in [-0.25, -0.2) is 15.0 Å². The minimum absolute atomic E-state index is 0.321. The molecule has 2 aliphatic rings. The standard InChI is InChI=1S/C22H28N8O/c1-14-12-19(26-21(23)25-14)29-9-5-16(6-10-29)20-17(18-11-15(2)28-31-18)13-24-22(27-20)30-7-3-4-8-30/h11-13,16H,3-10H2,1-2H3,(H2,23,25,26). The maximum Gasteiger partial charge on any atom is 0.225 e. The van der Waals surface area contributed by atoms with Crippen LogP contribution < -0.4 is 15.5 Å². The van der Waals surface area contributed by atoms with Crippen LogP contribution in [0.1, 0.15) is 48.7 Å². The Morgan fingerprint density at radius 2 is 1.71 bits per heavy atom. The Kier molecular flexibility index (Phi) is 5.17. The molecule has 2 saturated heterocycles. The van der Waals surface area contributed by atoms with Gasteiger partial charge in [0.05, 0.1) is 17.0 Å². The van der Waals surface area contributed by atoms with Crippen molar-refractivity contribution in [2.24, 2.45) is 0 Å². The van der Waals surface area contributed by atoms with Crippen molar-refractivity contribution in [3.05, 3.63) is 35.4 Å². The Hall–Kier alpha value is -3.23. The summed E-state index contributed by atoms with van der Waals surface area (Å²) < 4.78 is 5.58. The summed E-state index contributed by atoms with van der Waals surface area (Å²) in [7, 11) is 0. The van der Waals surface area contributed by atoms with E-state index < -0.39 is 0 Å². The van der Waals surface area contributed by atoms with Crippen LogP contribution in [-0.2, 0) is 0 Å². The van der Waals surface area contributed by atoms with Gasteiger partial charge in [0.15, 0.2) is 5.76 Å². The van der Waals surface area contributed by atoms with E-state index in [0.29, 0.717) is 11.9 Å². The van der Waals surface area contributed by atoms with Crippen molar-refractivity contribution < 1.29 is 4.52 Å². The molecule has 0 radical (unpaired) electrons. The fraction of sp³-hybridized carbons (Fsp3) is 0.500. The number of hydrogen-bond acceptors (Lipinski definition) is 9. The smallest absolute Gasteiger partial charge is 0.225 e. The van der Waals surface area contributed by atoms with E-state index in [-0.39, 0.29) is 0 Å². The van der Waals surface area contributed by atoms with E-state index in [1.54, 1.807) is 0 Å². The Labute approximate surface area is 181 Å². The molecule has 162 valence electrons. The molecule has 31 heavy (non-hydrogen) atoms. The molecule has 0 unspecified atom stereocenters. The molecule has 2 N–H and O–H groups in total. The number of hydrogen-bond donors (Lipinski definition) is 1. The van der Waals surface area contributed by atoms with Crippen molar-refractivity contribution in [2.75, 3.05) is 41.7 Å².